The quantitative estimate of drug-likeness (QED) is 0.427. The molecule has 10 heteroatoms. The van der Waals surface area contributed by atoms with E-state index in [0.717, 1.165) is 15.6 Å². The molecule has 29 heavy (non-hydrogen) atoms. The van der Waals surface area contributed by atoms with Gasteiger partial charge in [-0.1, -0.05) is 27.3 Å². The molecular weight excluding hydrogens is 480 g/mol. The van der Waals surface area contributed by atoms with Gasteiger partial charge >= 0.3 is 4.94 Å². The summed E-state index contributed by atoms with van der Waals surface area (Å²) in [5.74, 6) is -0.745. The SMILES string of the molecule is O=C(c1ccncc1)N(c1ccc2oc(=O)sc2c1)S(=O)(=O)c1ccc(Br)cc1. The summed E-state index contributed by atoms with van der Waals surface area (Å²) in [6.07, 6.45) is 2.81. The number of hydrogen-bond donors (Lipinski definition) is 0. The lowest BCUT2D eigenvalue weighted by Crippen LogP contribution is -2.37. The fourth-order valence-electron chi connectivity index (χ4n) is 2.68. The van der Waals surface area contributed by atoms with Crippen molar-refractivity contribution in [1.29, 1.82) is 0 Å². The van der Waals surface area contributed by atoms with Gasteiger partial charge in [0.1, 0.15) is 5.58 Å². The number of rotatable bonds is 4. The molecule has 0 fully saturated rings. The summed E-state index contributed by atoms with van der Waals surface area (Å²) in [7, 11) is -4.24. The number of carbonyl (C=O) groups is 1. The minimum atomic E-state index is -4.24. The van der Waals surface area contributed by atoms with Crippen LogP contribution in [-0.2, 0) is 10.0 Å². The lowest BCUT2D eigenvalue weighted by atomic mass is 10.2. The lowest BCUT2D eigenvalue weighted by Gasteiger charge is -2.22. The van der Waals surface area contributed by atoms with Crippen LogP contribution >= 0.6 is 27.3 Å². The third kappa shape index (κ3) is 3.74. The Kier molecular flexibility index (Phi) is 5.07. The summed E-state index contributed by atoms with van der Waals surface area (Å²) >= 11 is 4.10. The molecule has 2 heterocycles. The van der Waals surface area contributed by atoms with Crippen LogP contribution in [0.2, 0.25) is 0 Å². The highest BCUT2D eigenvalue weighted by Gasteiger charge is 2.32. The van der Waals surface area contributed by atoms with E-state index in [9.17, 15) is 18.0 Å². The van der Waals surface area contributed by atoms with Crippen LogP contribution in [0.5, 0.6) is 0 Å². The van der Waals surface area contributed by atoms with Crippen molar-refractivity contribution in [2.45, 2.75) is 4.90 Å². The molecule has 0 atom stereocenters. The molecule has 2 aromatic heterocycles. The molecule has 0 saturated heterocycles. The predicted molar refractivity (Wildman–Crippen MR) is 113 cm³/mol. The topological polar surface area (TPSA) is 97.6 Å². The molecule has 1 amide bonds. The van der Waals surface area contributed by atoms with Crippen molar-refractivity contribution in [2.75, 3.05) is 4.31 Å². The summed E-state index contributed by atoms with van der Waals surface area (Å²) in [4.78, 5) is 28.0. The van der Waals surface area contributed by atoms with Crippen LogP contribution in [0.4, 0.5) is 5.69 Å². The average molecular weight is 491 g/mol. The van der Waals surface area contributed by atoms with Crippen molar-refractivity contribution in [3.05, 3.63) is 86.8 Å². The number of sulfonamides is 1. The Hall–Kier alpha value is -2.82. The van der Waals surface area contributed by atoms with Crippen molar-refractivity contribution < 1.29 is 17.6 Å². The zero-order valence-corrected chi connectivity index (χ0v) is 17.7. The monoisotopic (exact) mass is 490 g/mol. The number of halogens is 1. The minimum absolute atomic E-state index is 0.0522. The molecule has 4 rings (SSSR count). The van der Waals surface area contributed by atoms with E-state index in [1.165, 1.54) is 54.9 Å². The van der Waals surface area contributed by atoms with E-state index in [4.69, 9.17) is 4.42 Å². The maximum absolute atomic E-state index is 13.4. The van der Waals surface area contributed by atoms with Gasteiger partial charge in [0.2, 0.25) is 0 Å². The second kappa shape index (κ2) is 7.54. The summed E-state index contributed by atoms with van der Waals surface area (Å²) in [6, 6.07) is 13.2. The number of anilines is 1. The predicted octanol–water partition coefficient (Wildman–Crippen LogP) is 4.05. The van der Waals surface area contributed by atoms with Crippen molar-refractivity contribution in [1.82, 2.24) is 4.98 Å². The van der Waals surface area contributed by atoms with Gasteiger partial charge in [0, 0.05) is 22.4 Å². The van der Waals surface area contributed by atoms with Crippen molar-refractivity contribution in [2.24, 2.45) is 0 Å². The van der Waals surface area contributed by atoms with E-state index < -0.39 is 20.9 Å². The number of benzene rings is 2. The third-order valence-electron chi connectivity index (χ3n) is 4.01. The number of aromatic nitrogens is 1. The van der Waals surface area contributed by atoms with Gasteiger partial charge in [0.25, 0.3) is 15.9 Å². The highest BCUT2D eigenvalue weighted by molar-refractivity contribution is 9.10. The molecular formula is C19H11BrN2O5S2. The van der Waals surface area contributed by atoms with Crippen LogP contribution in [0.1, 0.15) is 10.4 Å². The van der Waals surface area contributed by atoms with Gasteiger partial charge in [-0.25, -0.2) is 13.2 Å². The van der Waals surface area contributed by atoms with E-state index in [2.05, 4.69) is 20.9 Å². The summed E-state index contributed by atoms with van der Waals surface area (Å²) < 4.78 is 33.7. The Bertz CT molecular complexity index is 1360. The van der Waals surface area contributed by atoms with E-state index in [-0.39, 0.29) is 16.1 Å². The molecule has 7 nitrogen and oxygen atoms in total. The van der Waals surface area contributed by atoms with Gasteiger partial charge in [-0.15, -0.1) is 0 Å². The van der Waals surface area contributed by atoms with Crippen molar-refractivity contribution >= 4 is 59.2 Å². The largest absolute Gasteiger partial charge is 0.414 e. The van der Waals surface area contributed by atoms with Crippen LogP contribution in [0, 0.1) is 0 Å². The molecule has 0 bridgehead atoms. The Morgan fingerprint density at radius 2 is 1.72 bits per heavy atom. The van der Waals surface area contributed by atoms with Gasteiger partial charge in [0.05, 0.1) is 15.3 Å². The maximum Gasteiger partial charge on any atom is 0.396 e. The normalized spacial score (nSPS) is 11.5. The summed E-state index contributed by atoms with van der Waals surface area (Å²) in [5.41, 5.74) is 0.571. The smallest absolute Gasteiger partial charge is 0.396 e. The zero-order valence-electron chi connectivity index (χ0n) is 14.5. The summed E-state index contributed by atoms with van der Waals surface area (Å²) in [6.45, 7) is 0. The van der Waals surface area contributed by atoms with E-state index in [1.54, 1.807) is 12.1 Å². The maximum atomic E-state index is 13.4. The van der Waals surface area contributed by atoms with Crippen molar-refractivity contribution in [3.63, 3.8) is 0 Å². The average Bonchev–Trinajstić information content (AvgIpc) is 3.08. The first-order valence-corrected chi connectivity index (χ1v) is 11.2. The first kappa shape index (κ1) is 19.5. The second-order valence-electron chi connectivity index (χ2n) is 5.85. The van der Waals surface area contributed by atoms with Crippen LogP contribution in [-0.4, -0.2) is 19.3 Å². The van der Waals surface area contributed by atoms with Gasteiger partial charge in [-0.2, -0.15) is 4.31 Å². The van der Waals surface area contributed by atoms with E-state index in [1.807, 2.05) is 0 Å². The highest BCUT2D eigenvalue weighted by atomic mass is 79.9. The fourth-order valence-corrected chi connectivity index (χ4v) is 5.05. The molecule has 0 spiro atoms. The molecule has 0 N–H and O–H groups in total. The zero-order chi connectivity index (χ0) is 20.6. The first-order valence-electron chi connectivity index (χ1n) is 8.15. The van der Waals surface area contributed by atoms with E-state index in [0.29, 0.717) is 14.8 Å². The summed E-state index contributed by atoms with van der Waals surface area (Å²) in [5, 5.41) is 0. The Morgan fingerprint density at radius 1 is 1.03 bits per heavy atom. The molecule has 0 aliphatic rings. The highest BCUT2D eigenvalue weighted by Crippen LogP contribution is 2.30. The number of hydrogen-bond acceptors (Lipinski definition) is 7. The van der Waals surface area contributed by atoms with Gasteiger partial charge in [-0.05, 0) is 54.6 Å². The number of carbonyl (C=O) groups excluding carboxylic acids is 1. The number of pyridine rings is 1. The molecule has 4 aromatic rings. The Morgan fingerprint density at radius 3 is 2.41 bits per heavy atom. The fraction of sp³-hybridized carbons (Fsp3) is 0. The van der Waals surface area contributed by atoms with Gasteiger partial charge in [-0.3, -0.25) is 9.78 Å². The third-order valence-corrected chi connectivity index (χ3v) is 7.05. The van der Waals surface area contributed by atoms with E-state index >= 15 is 0 Å². The molecule has 146 valence electrons. The lowest BCUT2D eigenvalue weighted by molar-refractivity contribution is 0.101. The molecule has 0 radical (unpaired) electrons. The van der Waals surface area contributed by atoms with Crippen LogP contribution in [0.25, 0.3) is 10.3 Å². The molecule has 0 unspecified atom stereocenters. The number of amides is 1. The Labute approximate surface area is 177 Å². The minimum Gasteiger partial charge on any atom is -0.414 e. The van der Waals surface area contributed by atoms with Crippen molar-refractivity contribution in [3.8, 4) is 0 Å². The number of nitrogens with zero attached hydrogens (tertiary/aromatic N) is 2. The molecule has 2 aromatic carbocycles. The van der Waals surface area contributed by atoms with Crippen LogP contribution in [0.3, 0.4) is 0 Å². The molecule has 0 aliphatic heterocycles. The molecule has 0 aliphatic carbocycles. The van der Waals surface area contributed by atoms with Gasteiger partial charge < -0.3 is 4.42 Å². The molecule has 0 saturated carbocycles. The van der Waals surface area contributed by atoms with Crippen LogP contribution in [0.15, 0.2) is 85.6 Å². The first-order chi connectivity index (χ1) is 13.9. The standard InChI is InChI=1S/C19H11BrN2O5S2/c20-13-1-4-15(5-2-13)29(25,26)22(18(23)12-7-9-21-10-8-12)14-3-6-16-17(11-14)28-19(24)27-16/h1-11H. The number of fused-ring (bicyclic) bond motifs is 1. The Balaban J connectivity index is 1.91. The van der Waals surface area contributed by atoms with Gasteiger partial charge in [0.15, 0.2) is 0 Å². The van der Waals surface area contributed by atoms with Crippen LogP contribution < -0.4 is 9.24 Å². The second-order valence-corrected chi connectivity index (χ2v) is 9.53.